The second-order valence-corrected chi connectivity index (χ2v) is 6.06. The fraction of sp³-hybridized carbons (Fsp3) is 0.250. The third-order valence-corrected chi connectivity index (χ3v) is 4.36. The van der Waals surface area contributed by atoms with Crippen molar-refractivity contribution in [3.63, 3.8) is 0 Å². The van der Waals surface area contributed by atoms with Gasteiger partial charge in [0.25, 0.3) is 0 Å². The Labute approximate surface area is 137 Å². The minimum absolute atomic E-state index is 0.153. The van der Waals surface area contributed by atoms with E-state index in [4.69, 9.17) is 5.73 Å². The molecule has 2 amide bonds. The smallest absolute Gasteiger partial charge is 0.241 e. The van der Waals surface area contributed by atoms with Gasteiger partial charge in [0.2, 0.25) is 11.8 Å². The molecule has 122 valence electrons. The molecule has 1 aromatic carbocycles. The first-order valence-electron chi connectivity index (χ1n) is 7.56. The van der Waals surface area contributed by atoms with Crippen LogP contribution < -0.4 is 21.7 Å². The van der Waals surface area contributed by atoms with Crippen LogP contribution in [0.5, 0.6) is 0 Å². The molecule has 5 N–H and O–H groups in total. The number of anilines is 3. The van der Waals surface area contributed by atoms with E-state index in [9.17, 15) is 9.59 Å². The number of hydrogen-bond donors (Lipinski definition) is 4. The van der Waals surface area contributed by atoms with Gasteiger partial charge in [-0.1, -0.05) is 0 Å². The van der Waals surface area contributed by atoms with Crippen LogP contribution in [-0.4, -0.2) is 22.0 Å². The van der Waals surface area contributed by atoms with E-state index < -0.39 is 11.8 Å². The Bertz CT molecular complexity index is 894. The van der Waals surface area contributed by atoms with Gasteiger partial charge in [-0.3, -0.25) is 9.59 Å². The highest BCUT2D eigenvalue weighted by atomic mass is 16.2. The summed E-state index contributed by atoms with van der Waals surface area (Å²) < 4.78 is 0. The van der Waals surface area contributed by atoms with Gasteiger partial charge in [0, 0.05) is 11.3 Å². The molecule has 0 spiro atoms. The largest absolute Gasteiger partial charge is 0.369 e. The number of nitrogens with two attached hydrogens (primary N) is 1. The Hall–Kier alpha value is -3.16. The van der Waals surface area contributed by atoms with Crippen LogP contribution in [0.2, 0.25) is 0 Å². The van der Waals surface area contributed by atoms with Crippen LogP contribution in [-0.2, 0) is 9.59 Å². The molecule has 8 nitrogen and oxygen atoms in total. The second-order valence-electron chi connectivity index (χ2n) is 6.06. The van der Waals surface area contributed by atoms with Crippen molar-refractivity contribution in [1.29, 1.82) is 0 Å². The Balaban J connectivity index is 1.71. The van der Waals surface area contributed by atoms with E-state index in [2.05, 4.69) is 26.1 Å². The fourth-order valence-corrected chi connectivity index (χ4v) is 3.20. The highest BCUT2D eigenvalue weighted by molar-refractivity contribution is 6.16. The number of carbonyl (C=O) groups is 2. The minimum atomic E-state index is -0.947. The zero-order valence-corrected chi connectivity index (χ0v) is 13.2. The van der Waals surface area contributed by atoms with Crippen LogP contribution in [0, 0.1) is 13.8 Å². The van der Waals surface area contributed by atoms with Crippen molar-refractivity contribution in [2.24, 2.45) is 5.73 Å². The van der Waals surface area contributed by atoms with E-state index in [1.165, 1.54) is 0 Å². The zero-order valence-electron chi connectivity index (χ0n) is 13.2. The Morgan fingerprint density at radius 2 is 1.75 bits per heavy atom. The number of rotatable bonds is 2. The number of fused-ring (bicyclic) bond motifs is 2. The van der Waals surface area contributed by atoms with E-state index in [-0.39, 0.29) is 12.1 Å². The molecule has 0 radical (unpaired) electrons. The second kappa shape index (κ2) is 4.92. The molecule has 0 fully saturated rings. The van der Waals surface area contributed by atoms with Gasteiger partial charge >= 0.3 is 0 Å². The molecule has 3 heterocycles. The van der Waals surface area contributed by atoms with Crippen LogP contribution >= 0.6 is 0 Å². The Kier molecular flexibility index (Phi) is 2.96. The average Bonchev–Trinajstić information content (AvgIpc) is 3.06. The number of carbonyl (C=O) groups excluding carboxylic acids is 2. The summed E-state index contributed by atoms with van der Waals surface area (Å²) >= 11 is 0. The summed E-state index contributed by atoms with van der Waals surface area (Å²) in [6.07, 6.45) is -0.153. The van der Waals surface area contributed by atoms with Crippen LogP contribution in [0.4, 0.5) is 17.1 Å². The first kappa shape index (κ1) is 14.4. The third-order valence-electron chi connectivity index (χ3n) is 4.36. The molecule has 8 heteroatoms. The van der Waals surface area contributed by atoms with Gasteiger partial charge in [0.15, 0.2) is 0 Å². The number of nitrogens with one attached hydrogen (secondary N) is 3. The quantitative estimate of drug-likeness (QED) is 0.615. The molecule has 2 unspecified atom stereocenters. The normalized spacial score (nSPS) is 20.7. The van der Waals surface area contributed by atoms with Crippen LogP contribution in [0.3, 0.4) is 0 Å². The number of hydrogen-bond acceptors (Lipinski definition) is 6. The van der Waals surface area contributed by atoms with E-state index in [1.807, 2.05) is 26.0 Å². The number of primary amides is 1. The molecular formula is C16H16N6O2. The number of amides is 2. The Morgan fingerprint density at radius 1 is 1.04 bits per heavy atom. The molecule has 4 rings (SSSR count). The summed E-state index contributed by atoms with van der Waals surface area (Å²) in [5.41, 5.74) is 10.9. The molecule has 2 aliphatic heterocycles. The van der Waals surface area contributed by atoms with Crippen molar-refractivity contribution in [1.82, 2.24) is 10.2 Å². The predicted octanol–water partition coefficient (Wildman–Crippen LogP) is 1.15. The first-order valence-corrected chi connectivity index (χ1v) is 7.56. The van der Waals surface area contributed by atoms with Crippen LogP contribution in [0.25, 0.3) is 0 Å². The van der Waals surface area contributed by atoms with Gasteiger partial charge in [0.1, 0.15) is 12.1 Å². The molecule has 2 aliphatic rings. The van der Waals surface area contributed by atoms with E-state index in [0.29, 0.717) is 11.3 Å². The molecule has 0 aliphatic carbocycles. The summed E-state index contributed by atoms with van der Waals surface area (Å²) in [6, 6.07) is 5.58. The molecule has 0 saturated heterocycles. The number of aromatic nitrogens is 2. The summed E-state index contributed by atoms with van der Waals surface area (Å²) in [5, 5.41) is 17.6. The summed E-state index contributed by atoms with van der Waals surface area (Å²) in [7, 11) is 0. The lowest BCUT2D eigenvalue weighted by Gasteiger charge is -2.14. The Morgan fingerprint density at radius 3 is 2.46 bits per heavy atom. The van der Waals surface area contributed by atoms with Gasteiger partial charge < -0.3 is 21.7 Å². The minimum Gasteiger partial charge on any atom is -0.369 e. The standard InChI is InChI=1S/C16H16N6O2/c1-6-3-8(7(2)22-21-6)15-18-11-4-9-10(5-12(11)19-15)20-16(24)13(9)14(17)23/h3-5,13,15,18-19H,1-2H3,(H2,17,23)(H,20,24). The third kappa shape index (κ3) is 2.07. The van der Waals surface area contributed by atoms with Crippen LogP contribution in [0.1, 0.15) is 34.6 Å². The molecule has 2 aromatic rings. The average molecular weight is 324 g/mol. The molecule has 0 saturated carbocycles. The highest BCUT2D eigenvalue weighted by Crippen LogP contribution is 2.43. The topological polar surface area (TPSA) is 122 Å². The summed E-state index contributed by atoms with van der Waals surface area (Å²) in [5.74, 6) is -1.99. The van der Waals surface area contributed by atoms with E-state index in [1.54, 1.807) is 6.07 Å². The molecular weight excluding hydrogens is 308 g/mol. The van der Waals surface area contributed by atoms with Crippen molar-refractivity contribution in [2.45, 2.75) is 25.9 Å². The maximum Gasteiger partial charge on any atom is 0.241 e. The number of nitrogens with zero attached hydrogens (tertiary/aromatic N) is 2. The fourth-order valence-electron chi connectivity index (χ4n) is 3.20. The van der Waals surface area contributed by atoms with Crippen LogP contribution in [0.15, 0.2) is 18.2 Å². The maximum atomic E-state index is 11.9. The maximum absolute atomic E-state index is 11.9. The SMILES string of the molecule is Cc1cc(C2Nc3cc4c(cc3N2)C(C(N)=O)C(=O)N4)c(C)nn1. The lowest BCUT2D eigenvalue weighted by molar-refractivity contribution is -0.126. The zero-order chi connectivity index (χ0) is 17.0. The monoisotopic (exact) mass is 324 g/mol. The molecule has 24 heavy (non-hydrogen) atoms. The van der Waals surface area contributed by atoms with Gasteiger partial charge in [0.05, 0.1) is 22.8 Å². The van der Waals surface area contributed by atoms with E-state index in [0.717, 1.165) is 28.3 Å². The molecule has 0 bridgehead atoms. The predicted molar refractivity (Wildman–Crippen MR) is 88.5 cm³/mol. The van der Waals surface area contributed by atoms with Gasteiger partial charge in [-0.05, 0) is 37.6 Å². The van der Waals surface area contributed by atoms with Gasteiger partial charge in [-0.2, -0.15) is 10.2 Å². The first-order chi connectivity index (χ1) is 11.4. The van der Waals surface area contributed by atoms with E-state index >= 15 is 0 Å². The summed E-state index contributed by atoms with van der Waals surface area (Å²) in [4.78, 5) is 23.5. The van der Waals surface area contributed by atoms with Crippen molar-refractivity contribution in [3.05, 3.63) is 40.7 Å². The van der Waals surface area contributed by atoms with Crippen molar-refractivity contribution < 1.29 is 9.59 Å². The van der Waals surface area contributed by atoms with Crippen molar-refractivity contribution in [2.75, 3.05) is 16.0 Å². The molecule has 2 atom stereocenters. The summed E-state index contributed by atoms with van der Waals surface area (Å²) in [6.45, 7) is 3.79. The van der Waals surface area contributed by atoms with Crippen molar-refractivity contribution >= 4 is 28.9 Å². The lowest BCUT2D eigenvalue weighted by Crippen LogP contribution is -2.27. The number of aryl methyl sites for hydroxylation is 2. The highest BCUT2D eigenvalue weighted by Gasteiger charge is 2.37. The number of benzene rings is 1. The van der Waals surface area contributed by atoms with Crippen molar-refractivity contribution in [3.8, 4) is 0 Å². The molecule has 1 aromatic heterocycles. The van der Waals surface area contributed by atoms with Gasteiger partial charge in [-0.25, -0.2) is 0 Å². The van der Waals surface area contributed by atoms with Gasteiger partial charge in [-0.15, -0.1) is 0 Å². The lowest BCUT2D eigenvalue weighted by atomic mass is 9.99.